The van der Waals surface area contributed by atoms with Crippen molar-refractivity contribution in [1.82, 2.24) is 24.5 Å². The minimum absolute atomic E-state index is 0.00927. The molecule has 1 aliphatic heterocycles. The summed E-state index contributed by atoms with van der Waals surface area (Å²) in [7, 11) is 0. The third-order valence-corrected chi connectivity index (χ3v) is 4.90. The molecule has 1 aromatic carbocycles. The third kappa shape index (κ3) is 3.94. The highest BCUT2D eigenvalue weighted by atomic mass is 35.5. The SMILES string of the molecule is C[C@H](NC(=O)Cn1nc2c(NC3COC3)nccn2c1=O)c1ccc(Cl)c(F)c1. The van der Waals surface area contributed by atoms with E-state index in [9.17, 15) is 14.0 Å². The minimum Gasteiger partial charge on any atom is -0.377 e. The number of carbonyl (C=O) groups excluding carboxylic acids is 1. The Kier molecular flexibility index (Phi) is 5.20. The predicted molar refractivity (Wildman–Crippen MR) is 103 cm³/mol. The Morgan fingerprint density at radius 3 is 2.93 bits per heavy atom. The lowest BCUT2D eigenvalue weighted by Crippen LogP contribution is -2.40. The van der Waals surface area contributed by atoms with Crippen molar-refractivity contribution in [3.05, 3.63) is 57.5 Å². The van der Waals surface area contributed by atoms with Gasteiger partial charge in [-0.15, -0.1) is 5.10 Å². The topological polar surface area (TPSA) is 103 Å². The molecule has 1 fully saturated rings. The second-order valence-corrected chi connectivity index (χ2v) is 7.16. The van der Waals surface area contributed by atoms with Gasteiger partial charge < -0.3 is 15.4 Å². The van der Waals surface area contributed by atoms with E-state index in [0.29, 0.717) is 30.2 Å². The van der Waals surface area contributed by atoms with Crippen LogP contribution in [0, 0.1) is 5.82 Å². The summed E-state index contributed by atoms with van der Waals surface area (Å²) in [6.07, 6.45) is 2.97. The summed E-state index contributed by atoms with van der Waals surface area (Å²) in [5.74, 6) is -0.554. The number of hydrogen-bond donors (Lipinski definition) is 2. The predicted octanol–water partition coefficient (Wildman–Crippen LogP) is 1.37. The van der Waals surface area contributed by atoms with Gasteiger partial charge >= 0.3 is 5.69 Å². The summed E-state index contributed by atoms with van der Waals surface area (Å²) in [4.78, 5) is 29.2. The molecule has 4 rings (SSSR count). The van der Waals surface area contributed by atoms with E-state index in [1.807, 2.05) is 0 Å². The van der Waals surface area contributed by atoms with Crippen LogP contribution < -0.4 is 16.3 Å². The standard InChI is InChI=1S/C18H18ClFN6O3/c1-10(11-2-3-13(19)14(20)6-11)22-15(27)7-26-18(28)25-5-4-21-16(17(25)24-26)23-12-8-29-9-12/h2-6,10,12H,7-9H2,1H3,(H,21,23)(H,22,27)/t10-/m0/s1. The molecule has 1 aliphatic rings. The van der Waals surface area contributed by atoms with Crippen LogP contribution in [0.25, 0.3) is 5.65 Å². The maximum absolute atomic E-state index is 13.6. The van der Waals surface area contributed by atoms with Crippen LogP contribution in [-0.2, 0) is 16.1 Å². The van der Waals surface area contributed by atoms with Crippen LogP contribution >= 0.6 is 11.6 Å². The Morgan fingerprint density at radius 2 is 2.24 bits per heavy atom. The van der Waals surface area contributed by atoms with Crippen molar-refractivity contribution in [2.24, 2.45) is 0 Å². The molecule has 1 atom stereocenters. The number of nitrogens with one attached hydrogen (secondary N) is 2. The number of benzene rings is 1. The van der Waals surface area contributed by atoms with E-state index in [1.165, 1.54) is 28.9 Å². The van der Waals surface area contributed by atoms with E-state index in [0.717, 1.165) is 4.68 Å². The molecule has 0 aliphatic carbocycles. The maximum atomic E-state index is 13.6. The zero-order valence-corrected chi connectivity index (χ0v) is 16.2. The van der Waals surface area contributed by atoms with Gasteiger partial charge in [0.25, 0.3) is 0 Å². The molecule has 2 N–H and O–H groups in total. The highest BCUT2D eigenvalue weighted by molar-refractivity contribution is 6.30. The van der Waals surface area contributed by atoms with Gasteiger partial charge in [0.2, 0.25) is 11.6 Å². The zero-order valence-electron chi connectivity index (χ0n) is 15.4. The maximum Gasteiger partial charge on any atom is 0.350 e. The van der Waals surface area contributed by atoms with Gasteiger partial charge in [-0.1, -0.05) is 17.7 Å². The first-order valence-corrected chi connectivity index (χ1v) is 9.33. The van der Waals surface area contributed by atoms with E-state index >= 15 is 0 Å². The first-order valence-electron chi connectivity index (χ1n) is 8.95. The van der Waals surface area contributed by atoms with Crippen molar-refractivity contribution in [3.63, 3.8) is 0 Å². The molecule has 0 unspecified atom stereocenters. The Morgan fingerprint density at radius 1 is 1.45 bits per heavy atom. The van der Waals surface area contributed by atoms with Crippen molar-refractivity contribution < 1.29 is 13.9 Å². The summed E-state index contributed by atoms with van der Waals surface area (Å²) in [6, 6.07) is 3.95. The van der Waals surface area contributed by atoms with Crippen LogP contribution in [0.5, 0.6) is 0 Å². The van der Waals surface area contributed by atoms with Crippen LogP contribution in [0.3, 0.4) is 0 Å². The fourth-order valence-corrected chi connectivity index (χ4v) is 3.07. The van der Waals surface area contributed by atoms with Crippen LogP contribution in [0.15, 0.2) is 35.4 Å². The van der Waals surface area contributed by atoms with Crippen molar-refractivity contribution in [2.75, 3.05) is 18.5 Å². The highest BCUT2D eigenvalue weighted by Crippen LogP contribution is 2.20. The molecule has 0 saturated carbocycles. The molecule has 2 aromatic heterocycles. The number of nitrogens with zero attached hydrogens (tertiary/aromatic N) is 4. The molecular formula is C18H18ClFN6O3. The van der Waals surface area contributed by atoms with Gasteiger partial charge in [0.15, 0.2) is 5.82 Å². The smallest absolute Gasteiger partial charge is 0.350 e. The summed E-state index contributed by atoms with van der Waals surface area (Å²) >= 11 is 5.68. The normalized spacial score (nSPS) is 15.1. The van der Waals surface area contributed by atoms with E-state index in [4.69, 9.17) is 16.3 Å². The zero-order chi connectivity index (χ0) is 20.5. The lowest BCUT2D eigenvalue weighted by Gasteiger charge is -2.27. The fourth-order valence-electron chi connectivity index (χ4n) is 2.95. The van der Waals surface area contributed by atoms with Crippen molar-refractivity contribution in [2.45, 2.75) is 25.6 Å². The minimum atomic E-state index is -0.564. The van der Waals surface area contributed by atoms with Crippen LogP contribution in [0.1, 0.15) is 18.5 Å². The largest absolute Gasteiger partial charge is 0.377 e. The molecule has 0 bridgehead atoms. The van der Waals surface area contributed by atoms with Crippen molar-refractivity contribution in [1.29, 1.82) is 0 Å². The van der Waals surface area contributed by atoms with Gasteiger partial charge in [0.05, 0.1) is 30.3 Å². The molecule has 1 saturated heterocycles. The molecule has 0 radical (unpaired) electrons. The quantitative estimate of drug-likeness (QED) is 0.624. The van der Waals surface area contributed by atoms with Gasteiger partial charge in [-0.05, 0) is 24.6 Å². The highest BCUT2D eigenvalue weighted by Gasteiger charge is 2.21. The molecule has 3 aromatic rings. The van der Waals surface area contributed by atoms with Gasteiger partial charge in [-0.25, -0.2) is 23.3 Å². The number of rotatable bonds is 6. The number of fused-ring (bicyclic) bond motifs is 1. The monoisotopic (exact) mass is 420 g/mol. The molecule has 3 heterocycles. The molecule has 11 heteroatoms. The molecule has 29 heavy (non-hydrogen) atoms. The molecule has 1 amide bonds. The number of amides is 1. The molecule has 9 nitrogen and oxygen atoms in total. The number of anilines is 1. The number of ether oxygens (including phenoxy) is 1. The molecular weight excluding hydrogens is 403 g/mol. The lowest BCUT2D eigenvalue weighted by molar-refractivity contribution is -0.122. The number of hydrogen-bond acceptors (Lipinski definition) is 6. The summed E-state index contributed by atoms with van der Waals surface area (Å²) in [5, 5.41) is 10.1. The Bertz CT molecular complexity index is 1130. The second kappa shape index (κ2) is 7.80. The number of carbonyl (C=O) groups is 1. The fraction of sp³-hybridized carbons (Fsp3) is 0.333. The number of halogens is 2. The van der Waals surface area contributed by atoms with E-state index in [1.54, 1.807) is 13.0 Å². The lowest BCUT2D eigenvalue weighted by atomic mass is 10.1. The van der Waals surface area contributed by atoms with Crippen LogP contribution in [-0.4, -0.2) is 44.3 Å². The van der Waals surface area contributed by atoms with Gasteiger partial charge in [-0.3, -0.25) is 4.79 Å². The Labute approximate surface area is 169 Å². The van der Waals surface area contributed by atoms with E-state index in [-0.39, 0.29) is 17.6 Å². The van der Waals surface area contributed by atoms with Crippen LogP contribution in [0.2, 0.25) is 5.02 Å². The van der Waals surface area contributed by atoms with Gasteiger partial charge in [-0.2, -0.15) is 0 Å². The Hall–Kier alpha value is -2.98. The Balaban J connectivity index is 1.50. The summed E-state index contributed by atoms with van der Waals surface area (Å²) in [6.45, 7) is 2.53. The van der Waals surface area contributed by atoms with Crippen molar-refractivity contribution >= 4 is 29.0 Å². The molecule has 0 spiro atoms. The summed E-state index contributed by atoms with van der Waals surface area (Å²) < 4.78 is 21.1. The van der Waals surface area contributed by atoms with Crippen LogP contribution in [0.4, 0.5) is 10.2 Å². The second-order valence-electron chi connectivity index (χ2n) is 6.75. The average Bonchev–Trinajstić information content (AvgIpc) is 2.97. The van der Waals surface area contributed by atoms with Gasteiger partial charge in [0, 0.05) is 12.4 Å². The first-order chi connectivity index (χ1) is 13.9. The molecule has 152 valence electrons. The average molecular weight is 421 g/mol. The first kappa shape index (κ1) is 19.3. The van der Waals surface area contributed by atoms with E-state index in [2.05, 4.69) is 20.7 Å². The third-order valence-electron chi connectivity index (χ3n) is 4.60. The van der Waals surface area contributed by atoms with Gasteiger partial charge in [0.1, 0.15) is 12.4 Å². The summed E-state index contributed by atoms with van der Waals surface area (Å²) in [5.41, 5.74) is 0.418. The van der Waals surface area contributed by atoms with Crippen molar-refractivity contribution in [3.8, 4) is 0 Å². The van der Waals surface area contributed by atoms with E-state index < -0.39 is 23.5 Å². The number of aromatic nitrogens is 4.